The Hall–Kier alpha value is -1.83. The summed E-state index contributed by atoms with van der Waals surface area (Å²) in [5.41, 5.74) is 0. The molecule has 0 aromatic carbocycles. The molecule has 8 nitrogen and oxygen atoms in total. The monoisotopic (exact) mass is 285 g/mol. The highest BCUT2D eigenvalue weighted by Gasteiger charge is 2.38. The van der Waals surface area contributed by atoms with E-state index in [1.807, 2.05) is 0 Å². The van der Waals surface area contributed by atoms with Crippen molar-refractivity contribution in [2.45, 2.75) is 43.9 Å². The van der Waals surface area contributed by atoms with E-state index in [0.717, 1.165) is 17.7 Å². The Balaban J connectivity index is 1.73. The molecule has 0 aromatic heterocycles. The van der Waals surface area contributed by atoms with Crippen LogP contribution in [0.4, 0.5) is 4.79 Å². The fraction of sp³-hybridized carbons (Fsp3) is 0.750. The first kappa shape index (κ1) is 14.6. The van der Waals surface area contributed by atoms with Crippen LogP contribution in [0.2, 0.25) is 0 Å². The lowest BCUT2D eigenvalue weighted by Gasteiger charge is -2.21. The van der Waals surface area contributed by atoms with E-state index in [2.05, 4.69) is 10.6 Å². The van der Waals surface area contributed by atoms with Crippen LogP contribution in [-0.4, -0.2) is 64.3 Å². The molecule has 1 heterocycles. The second kappa shape index (κ2) is 6.08. The molecule has 2 aliphatic rings. The number of aliphatic carboxylic acids is 1. The lowest BCUT2D eigenvalue weighted by molar-refractivity contribution is -0.141. The number of rotatable bonds is 5. The zero-order valence-corrected chi connectivity index (χ0v) is 11.0. The number of nitrogens with zero attached hydrogens (tertiary/aromatic N) is 1. The molecule has 1 aliphatic carbocycles. The maximum atomic E-state index is 11.8. The Bertz CT molecular complexity index is 410. The van der Waals surface area contributed by atoms with E-state index in [0.29, 0.717) is 0 Å². The number of carbonyl (C=O) groups is 3. The van der Waals surface area contributed by atoms with Gasteiger partial charge in [0.05, 0.1) is 6.10 Å². The maximum absolute atomic E-state index is 11.8. The lowest BCUT2D eigenvalue weighted by Crippen LogP contribution is -2.46. The van der Waals surface area contributed by atoms with Crippen LogP contribution >= 0.6 is 0 Å². The number of hydrogen-bond acceptors (Lipinski definition) is 4. The van der Waals surface area contributed by atoms with Crippen LogP contribution in [0.1, 0.15) is 25.7 Å². The third kappa shape index (κ3) is 3.83. The molecule has 0 spiro atoms. The summed E-state index contributed by atoms with van der Waals surface area (Å²) in [4.78, 5) is 35.3. The molecule has 3 amide bonds. The van der Waals surface area contributed by atoms with Gasteiger partial charge in [-0.25, -0.2) is 9.59 Å². The summed E-state index contributed by atoms with van der Waals surface area (Å²) in [6, 6.07) is -1.29. The molecule has 4 N–H and O–H groups in total. The van der Waals surface area contributed by atoms with E-state index in [1.54, 1.807) is 0 Å². The van der Waals surface area contributed by atoms with Gasteiger partial charge in [-0.3, -0.25) is 4.79 Å². The van der Waals surface area contributed by atoms with Crippen molar-refractivity contribution < 1.29 is 24.6 Å². The van der Waals surface area contributed by atoms with E-state index < -0.39 is 24.1 Å². The third-order valence-corrected chi connectivity index (χ3v) is 3.40. The fourth-order valence-corrected chi connectivity index (χ4v) is 2.18. The number of β-amino-alcohol motifs (C(OH)–C–C–N with tert-alkyl or cyclic N) is 1. The van der Waals surface area contributed by atoms with Gasteiger partial charge in [0, 0.05) is 32.0 Å². The van der Waals surface area contributed by atoms with Gasteiger partial charge in [-0.1, -0.05) is 0 Å². The number of urea groups is 1. The van der Waals surface area contributed by atoms with Gasteiger partial charge in [-0.05, 0) is 12.8 Å². The standard InChI is InChI=1S/C12H19N3O5/c16-8-5-9(11(18)19)15(6-8)12(20)13-4-3-10(17)14-7-1-2-7/h7-9,16H,1-6H2,(H,13,20)(H,14,17)(H,18,19)/t8-,9-/m1/s1. The average Bonchev–Trinajstić information content (AvgIpc) is 3.08. The van der Waals surface area contributed by atoms with Crippen molar-refractivity contribution in [1.82, 2.24) is 15.5 Å². The summed E-state index contributed by atoms with van der Waals surface area (Å²) in [5.74, 6) is -1.26. The molecule has 2 fully saturated rings. The number of aliphatic hydroxyl groups excluding tert-OH is 1. The molecular formula is C12H19N3O5. The normalized spacial score (nSPS) is 25.4. The molecule has 8 heteroatoms. The number of likely N-dealkylation sites (tertiary alicyclic amines) is 1. The van der Waals surface area contributed by atoms with Crippen LogP contribution in [0.25, 0.3) is 0 Å². The Labute approximate surface area is 116 Å². The number of nitrogens with one attached hydrogen (secondary N) is 2. The summed E-state index contributed by atoms with van der Waals surface area (Å²) >= 11 is 0. The van der Waals surface area contributed by atoms with Crippen molar-refractivity contribution in [2.24, 2.45) is 0 Å². The molecule has 1 saturated heterocycles. The molecule has 0 aromatic rings. The summed E-state index contributed by atoms with van der Waals surface area (Å²) in [7, 11) is 0. The Morgan fingerprint density at radius 2 is 1.95 bits per heavy atom. The van der Waals surface area contributed by atoms with Crippen LogP contribution in [0.15, 0.2) is 0 Å². The van der Waals surface area contributed by atoms with E-state index in [-0.39, 0.29) is 37.9 Å². The smallest absolute Gasteiger partial charge is 0.326 e. The van der Waals surface area contributed by atoms with Crippen molar-refractivity contribution in [2.75, 3.05) is 13.1 Å². The highest BCUT2D eigenvalue weighted by atomic mass is 16.4. The van der Waals surface area contributed by atoms with Gasteiger partial charge >= 0.3 is 12.0 Å². The lowest BCUT2D eigenvalue weighted by atomic mass is 10.2. The predicted octanol–water partition coefficient (Wildman–Crippen LogP) is -1.12. The highest BCUT2D eigenvalue weighted by molar-refractivity contribution is 5.84. The summed E-state index contributed by atoms with van der Waals surface area (Å²) in [5, 5.41) is 23.7. The number of hydrogen-bond donors (Lipinski definition) is 4. The Morgan fingerprint density at radius 1 is 1.25 bits per heavy atom. The molecule has 0 radical (unpaired) electrons. The molecule has 0 unspecified atom stereocenters. The zero-order valence-electron chi connectivity index (χ0n) is 11.0. The van der Waals surface area contributed by atoms with Gasteiger partial charge in [-0.15, -0.1) is 0 Å². The average molecular weight is 285 g/mol. The number of carboxylic acids is 1. The molecule has 0 bridgehead atoms. The number of amides is 3. The fourth-order valence-electron chi connectivity index (χ4n) is 2.18. The van der Waals surface area contributed by atoms with Gasteiger partial charge in [0.2, 0.25) is 5.91 Å². The molecule has 2 atom stereocenters. The maximum Gasteiger partial charge on any atom is 0.326 e. The highest BCUT2D eigenvalue weighted by Crippen LogP contribution is 2.19. The Morgan fingerprint density at radius 3 is 2.55 bits per heavy atom. The third-order valence-electron chi connectivity index (χ3n) is 3.40. The van der Waals surface area contributed by atoms with Crippen LogP contribution in [0.3, 0.4) is 0 Å². The largest absolute Gasteiger partial charge is 0.480 e. The molecule has 1 saturated carbocycles. The van der Waals surface area contributed by atoms with Crippen LogP contribution in [0, 0.1) is 0 Å². The van der Waals surface area contributed by atoms with Crippen LogP contribution in [-0.2, 0) is 9.59 Å². The van der Waals surface area contributed by atoms with Crippen molar-refractivity contribution >= 4 is 17.9 Å². The summed E-state index contributed by atoms with van der Waals surface area (Å²) in [6.07, 6.45) is 1.38. The van der Waals surface area contributed by atoms with Gasteiger partial charge in [0.25, 0.3) is 0 Å². The predicted molar refractivity (Wildman–Crippen MR) is 67.9 cm³/mol. The first-order valence-corrected chi connectivity index (χ1v) is 6.72. The SMILES string of the molecule is O=C(CCNC(=O)N1C[C@H](O)C[C@@H]1C(=O)O)NC1CC1. The van der Waals surface area contributed by atoms with Crippen molar-refractivity contribution in [3.63, 3.8) is 0 Å². The van der Waals surface area contributed by atoms with Gasteiger partial charge in [-0.2, -0.15) is 0 Å². The topological polar surface area (TPSA) is 119 Å². The number of aliphatic hydroxyl groups is 1. The number of carbonyl (C=O) groups excluding carboxylic acids is 2. The van der Waals surface area contributed by atoms with Gasteiger partial charge < -0.3 is 25.7 Å². The zero-order chi connectivity index (χ0) is 14.7. The molecule has 2 rings (SSSR count). The second-order valence-corrected chi connectivity index (χ2v) is 5.22. The van der Waals surface area contributed by atoms with Gasteiger partial charge in [0.15, 0.2) is 0 Å². The summed E-state index contributed by atoms with van der Waals surface area (Å²) in [6.45, 7) is 0.146. The molecule has 1 aliphatic heterocycles. The summed E-state index contributed by atoms with van der Waals surface area (Å²) < 4.78 is 0. The van der Waals surface area contributed by atoms with E-state index in [1.165, 1.54) is 0 Å². The van der Waals surface area contributed by atoms with Gasteiger partial charge in [0.1, 0.15) is 6.04 Å². The minimum atomic E-state index is -1.14. The quantitative estimate of drug-likeness (QED) is 0.510. The van der Waals surface area contributed by atoms with Crippen molar-refractivity contribution in [3.05, 3.63) is 0 Å². The number of carboxylic acid groups (broad SMARTS) is 1. The van der Waals surface area contributed by atoms with Crippen molar-refractivity contribution in [1.29, 1.82) is 0 Å². The molecular weight excluding hydrogens is 266 g/mol. The van der Waals surface area contributed by atoms with E-state index in [9.17, 15) is 19.5 Å². The van der Waals surface area contributed by atoms with E-state index in [4.69, 9.17) is 5.11 Å². The molecule has 112 valence electrons. The first-order chi connectivity index (χ1) is 9.47. The van der Waals surface area contributed by atoms with E-state index >= 15 is 0 Å². The Kier molecular flexibility index (Phi) is 4.43. The molecule has 20 heavy (non-hydrogen) atoms. The minimum Gasteiger partial charge on any atom is -0.480 e. The van der Waals surface area contributed by atoms with Crippen LogP contribution < -0.4 is 10.6 Å². The minimum absolute atomic E-state index is 0.00291. The van der Waals surface area contributed by atoms with Crippen LogP contribution in [0.5, 0.6) is 0 Å². The first-order valence-electron chi connectivity index (χ1n) is 6.72. The second-order valence-electron chi connectivity index (χ2n) is 5.22. The van der Waals surface area contributed by atoms with Crippen molar-refractivity contribution in [3.8, 4) is 0 Å².